The molecule has 2 rings (SSSR count). The highest BCUT2D eigenvalue weighted by Gasteiger charge is 2.29. The number of aliphatic hydroxyl groups is 2. The standard InChI is InChI=1S/C12H14N2O4/c13-4-3-9(15)10(16)6-1-2-8-7(5-6)11(17)12(18)14-8/h1-2,5,9-10,15-16H,3-4,13H2,(H,14,17,18). The first-order chi connectivity index (χ1) is 8.54. The molecule has 1 aliphatic heterocycles. The fraction of sp³-hybridized carbons (Fsp3) is 0.333. The molecule has 1 aliphatic rings. The van der Waals surface area contributed by atoms with Crippen LogP contribution in [0, 0.1) is 0 Å². The molecule has 1 aromatic rings. The molecule has 2 unspecified atom stereocenters. The van der Waals surface area contributed by atoms with Gasteiger partial charge in [0.15, 0.2) is 0 Å². The first-order valence-electron chi connectivity index (χ1n) is 5.60. The molecule has 0 radical (unpaired) electrons. The first-order valence-corrected chi connectivity index (χ1v) is 5.60. The number of carbonyl (C=O) groups excluding carboxylic acids is 2. The van der Waals surface area contributed by atoms with E-state index in [-0.39, 0.29) is 18.5 Å². The molecule has 0 saturated heterocycles. The number of nitrogens with two attached hydrogens (primary N) is 1. The summed E-state index contributed by atoms with van der Waals surface area (Å²) >= 11 is 0. The van der Waals surface area contributed by atoms with E-state index < -0.39 is 23.9 Å². The minimum Gasteiger partial charge on any atom is -0.390 e. The fourth-order valence-corrected chi connectivity index (χ4v) is 1.89. The third-order valence-electron chi connectivity index (χ3n) is 2.91. The number of rotatable bonds is 4. The molecule has 96 valence electrons. The third kappa shape index (κ3) is 2.13. The number of aliphatic hydroxyl groups excluding tert-OH is 2. The highest BCUT2D eigenvalue weighted by atomic mass is 16.3. The van der Waals surface area contributed by atoms with Crippen molar-refractivity contribution in [1.29, 1.82) is 0 Å². The zero-order chi connectivity index (χ0) is 13.3. The van der Waals surface area contributed by atoms with Gasteiger partial charge in [0.2, 0.25) is 0 Å². The minimum absolute atomic E-state index is 0.219. The van der Waals surface area contributed by atoms with Crippen molar-refractivity contribution in [1.82, 2.24) is 0 Å². The van der Waals surface area contributed by atoms with Gasteiger partial charge < -0.3 is 21.3 Å². The average molecular weight is 250 g/mol. The average Bonchev–Trinajstić information content (AvgIpc) is 2.64. The smallest absolute Gasteiger partial charge is 0.296 e. The van der Waals surface area contributed by atoms with E-state index in [2.05, 4.69) is 5.32 Å². The second-order valence-electron chi connectivity index (χ2n) is 4.18. The summed E-state index contributed by atoms with van der Waals surface area (Å²) in [4.78, 5) is 22.7. The van der Waals surface area contributed by atoms with Crippen LogP contribution in [-0.2, 0) is 4.79 Å². The molecule has 1 amide bonds. The SMILES string of the molecule is NCCC(O)C(O)c1ccc2c(c1)C(=O)C(=O)N2. The van der Waals surface area contributed by atoms with Gasteiger partial charge in [-0.15, -0.1) is 0 Å². The maximum absolute atomic E-state index is 11.5. The Morgan fingerprint density at radius 2 is 2.00 bits per heavy atom. The van der Waals surface area contributed by atoms with Crippen molar-refractivity contribution >= 4 is 17.4 Å². The number of hydrogen-bond acceptors (Lipinski definition) is 5. The van der Waals surface area contributed by atoms with E-state index in [0.717, 1.165) is 0 Å². The second-order valence-corrected chi connectivity index (χ2v) is 4.18. The van der Waals surface area contributed by atoms with E-state index in [9.17, 15) is 19.8 Å². The molecule has 18 heavy (non-hydrogen) atoms. The number of fused-ring (bicyclic) bond motifs is 1. The second kappa shape index (κ2) is 4.85. The molecule has 0 bridgehead atoms. The van der Waals surface area contributed by atoms with Crippen molar-refractivity contribution < 1.29 is 19.8 Å². The molecule has 1 heterocycles. The van der Waals surface area contributed by atoms with E-state index in [1.54, 1.807) is 6.07 Å². The van der Waals surface area contributed by atoms with Crippen LogP contribution in [0.15, 0.2) is 18.2 Å². The molecule has 5 N–H and O–H groups in total. The van der Waals surface area contributed by atoms with Crippen molar-refractivity contribution in [3.63, 3.8) is 0 Å². The van der Waals surface area contributed by atoms with Crippen LogP contribution in [-0.4, -0.2) is 34.6 Å². The van der Waals surface area contributed by atoms with E-state index in [1.165, 1.54) is 12.1 Å². The number of hydrogen-bond donors (Lipinski definition) is 4. The topological polar surface area (TPSA) is 113 Å². The van der Waals surface area contributed by atoms with Gasteiger partial charge in [-0.3, -0.25) is 9.59 Å². The monoisotopic (exact) mass is 250 g/mol. The summed E-state index contributed by atoms with van der Waals surface area (Å²) in [7, 11) is 0. The number of ketones is 1. The Labute approximate surface area is 103 Å². The van der Waals surface area contributed by atoms with Crippen LogP contribution in [0.3, 0.4) is 0 Å². The van der Waals surface area contributed by atoms with Crippen molar-refractivity contribution in [2.24, 2.45) is 5.73 Å². The van der Waals surface area contributed by atoms with Crippen LogP contribution in [0.4, 0.5) is 5.69 Å². The molecule has 2 atom stereocenters. The lowest BCUT2D eigenvalue weighted by atomic mass is 9.99. The first kappa shape index (κ1) is 12.7. The zero-order valence-corrected chi connectivity index (χ0v) is 9.59. The van der Waals surface area contributed by atoms with Gasteiger partial charge in [-0.1, -0.05) is 6.07 Å². The lowest BCUT2D eigenvalue weighted by Crippen LogP contribution is -2.21. The molecule has 0 spiro atoms. The highest BCUT2D eigenvalue weighted by Crippen LogP contribution is 2.28. The van der Waals surface area contributed by atoms with Crippen LogP contribution >= 0.6 is 0 Å². The van der Waals surface area contributed by atoms with Crippen molar-refractivity contribution in [2.45, 2.75) is 18.6 Å². The van der Waals surface area contributed by atoms with Crippen LogP contribution in [0.25, 0.3) is 0 Å². The normalized spacial score (nSPS) is 17.3. The molecule has 0 fully saturated rings. The summed E-state index contributed by atoms with van der Waals surface area (Å²) in [6.07, 6.45) is -1.86. The Balaban J connectivity index is 2.27. The van der Waals surface area contributed by atoms with Crippen LogP contribution in [0.1, 0.15) is 28.4 Å². The minimum atomic E-state index is -1.12. The van der Waals surface area contributed by atoms with E-state index in [1.807, 2.05) is 0 Å². The van der Waals surface area contributed by atoms with E-state index in [4.69, 9.17) is 5.73 Å². The lowest BCUT2D eigenvalue weighted by Gasteiger charge is -2.17. The van der Waals surface area contributed by atoms with Gasteiger partial charge >= 0.3 is 0 Å². The third-order valence-corrected chi connectivity index (χ3v) is 2.91. The van der Waals surface area contributed by atoms with Gasteiger partial charge in [-0.2, -0.15) is 0 Å². The van der Waals surface area contributed by atoms with Gasteiger partial charge in [-0.25, -0.2) is 0 Å². The molecular formula is C12H14N2O4. The molecular weight excluding hydrogens is 236 g/mol. The van der Waals surface area contributed by atoms with Gasteiger partial charge in [0.1, 0.15) is 6.10 Å². The predicted octanol–water partition coefficient (Wildman–Crippen LogP) is -0.436. The Kier molecular flexibility index (Phi) is 3.42. The van der Waals surface area contributed by atoms with Crippen molar-refractivity contribution in [3.8, 4) is 0 Å². The highest BCUT2D eigenvalue weighted by molar-refractivity contribution is 6.51. The Bertz CT molecular complexity index is 501. The molecule has 1 aromatic carbocycles. The molecule has 6 heteroatoms. The number of benzene rings is 1. The van der Waals surface area contributed by atoms with Crippen LogP contribution < -0.4 is 11.1 Å². The Hall–Kier alpha value is -1.76. The zero-order valence-electron chi connectivity index (χ0n) is 9.59. The summed E-state index contributed by atoms with van der Waals surface area (Å²) in [6, 6.07) is 4.51. The van der Waals surface area contributed by atoms with Gasteiger partial charge in [0.05, 0.1) is 17.4 Å². The molecule has 0 aromatic heterocycles. The summed E-state index contributed by atoms with van der Waals surface area (Å²) in [5.41, 5.74) is 6.33. The summed E-state index contributed by atoms with van der Waals surface area (Å²) in [5, 5.41) is 21.9. The Morgan fingerprint density at radius 1 is 1.28 bits per heavy atom. The van der Waals surface area contributed by atoms with Crippen molar-refractivity contribution in [2.75, 3.05) is 11.9 Å². The quantitative estimate of drug-likeness (QED) is 0.541. The maximum Gasteiger partial charge on any atom is 0.296 e. The number of Topliss-reactive ketones (excluding diaryl/α,β-unsaturated/α-hetero) is 1. The number of nitrogens with one attached hydrogen (secondary N) is 1. The Morgan fingerprint density at radius 3 is 2.67 bits per heavy atom. The summed E-state index contributed by atoms with van der Waals surface area (Å²) in [5.74, 6) is -1.31. The van der Waals surface area contributed by atoms with E-state index in [0.29, 0.717) is 11.3 Å². The largest absolute Gasteiger partial charge is 0.390 e. The summed E-state index contributed by atoms with van der Waals surface area (Å²) < 4.78 is 0. The molecule has 0 aliphatic carbocycles. The van der Waals surface area contributed by atoms with E-state index >= 15 is 0 Å². The summed E-state index contributed by atoms with van der Waals surface area (Å²) in [6.45, 7) is 0.252. The van der Waals surface area contributed by atoms with Crippen LogP contribution in [0.5, 0.6) is 0 Å². The van der Waals surface area contributed by atoms with Crippen LogP contribution in [0.2, 0.25) is 0 Å². The number of carbonyl (C=O) groups is 2. The van der Waals surface area contributed by atoms with Gasteiger partial charge in [0, 0.05) is 0 Å². The lowest BCUT2D eigenvalue weighted by molar-refractivity contribution is -0.112. The number of amides is 1. The fourth-order valence-electron chi connectivity index (χ4n) is 1.89. The maximum atomic E-state index is 11.5. The van der Waals surface area contributed by atoms with Gasteiger partial charge in [0.25, 0.3) is 11.7 Å². The number of anilines is 1. The molecule has 0 saturated carbocycles. The van der Waals surface area contributed by atoms with Crippen molar-refractivity contribution in [3.05, 3.63) is 29.3 Å². The van der Waals surface area contributed by atoms with Gasteiger partial charge in [-0.05, 0) is 30.7 Å². The predicted molar refractivity (Wildman–Crippen MR) is 64.0 cm³/mol. The molecule has 6 nitrogen and oxygen atoms in total.